The van der Waals surface area contributed by atoms with Crippen LogP contribution < -0.4 is 0 Å². The first-order valence-corrected chi connectivity index (χ1v) is 20.6. The molecule has 1 aliphatic heterocycles. The topological polar surface area (TPSA) is 31.4 Å². The Balaban J connectivity index is 0.000000804. The van der Waals surface area contributed by atoms with E-state index in [2.05, 4.69) is 108 Å². The molecule has 4 atom stereocenters. The van der Waals surface area contributed by atoms with Gasteiger partial charge in [-0.25, -0.2) is 0 Å². The van der Waals surface area contributed by atoms with Crippen LogP contribution in [0.15, 0.2) is 72.8 Å². The maximum absolute atomic E-state index is 4.89. The standard InChI is InChI=1S/C30H35N3Si.CH3.2ClH.Ti/c1-4-21-17-28-26(14-9-15-27(28)30(21)34(2,3)33-19-31-18-32-20-33)29-24-12-7-5-10-22(24)16-23-11-6-8-13-25(23)29;;;;/h5-16,21,27-28,30H,4,17-20H2,1-3H3;1H3;2*1H;/q-2;-1;;;+6/p-2. The van der Waals surface area contributed by atoms with Gasteiger partial charge in [0, 0.05) is 0 Å². The molecule has 3 aliphatic rings. The molecular weight excluding hydrogens is 561 g/mol. The summed E-state index contributed by atoms with van der Waals surface area (Å²) in [6.07, 6.45) is 9.90. The van der Waals surface area contributed by atoms with Crippen molar-refractivity contribution in [3.8, 4) is 0 Å². The van der Waals surface area contributed by atoms with Crippen molar-refractivity contribution in [2.24, 2.45) is 17.8 Å². The van der Waals surface area contributed by atoms with Gasteiger partial charge in [-0.05, 0) is 68.5 Å². The van der Waals surface area contributed by atoms with Crippen LogP contribution in [0, 0.1) is 25.2 Å². The molecule has 6 rings (SSSR count). The summed E-state index contributed by atoms with van der Waals surface area (Å²) < 4.78 is 2.64. The molecule has 3 aromatic rings. The number of nitrogens with zero attached hydrogens (tertiary/aromatic N) is 3. The first kappa shape index (κ1) is 30.0. The Hall–Kier alpha value is -0.949. The molecule has 7 heteroatoms. The van der Waals surface area contributed by atoms with Crippen molar-refractivity contribution in [3.05, 3.63) is 96.4 Å². The van der Waals surface area contributed by atoms with E-state index in [0.717, 1.165) is 24.8 Å². The van der Waals surface area contributed by atoms with E-state index in [9.17, 15) is 0 Å². The van der Waals surface area contributed by atoms with Crippen LogP contribution in [0.3, 0.4) is 0 Å². The summed E-state index contributed by atoms with van der Waals surface area (Å²) in [6.45, 7) is 9.98. The minimum absolute atomic E-state index is 0. The second-order valence-corrected chi connectivity index (χ2v) is 18.1. The molecule has 3 aromatic carbocycles. The van der Waals surface area contributed by atoms with E-state index in [-0.39, 0.29) is 7.43 Å². The van der Waals surface area contributed by atoms with Crippen LogP contribution in [0.4, 0.5) is 0 Å². The molecule has 0 radical (unpaired) electrons. The summed E-state index contributed by atoms with van der Waals surface area (Å²) in [6, 6.07) is 20.3. The van der Waals surface area contributed by atoms with E-state index >= 15 is 0 Å². The van der Waals surface area contributed by atoms with E-state index in [1.807, 2.05) is 0 Å². The quantitative estimate of drug-likeness (QED) is 0.167. The summed E-state index contributed by atoms with van der Waals surface area (Å²) in [5.74, 6) is 1.94. The van der Waals surface area contributed by atoms with Gasteiger partial charge in [-0.2, -0.15) is 0 Å². The van der Waals surface area contributed by atoms with E-state index in [1.54, 1.807) is 5.57 Å². The molecule has 1 saturated carbocycles. The summed E-state index contributed by atoms with van der Waals surface area (Å²) in [5.41, 5.74) is 3.75. The van der Waals surface area contributed by atoms with Gasteiger partial charge >= 0.3 is 35.6 Å². The number of allylic oxidation sites excluding steroid dienone is 4. The van der Waals surface area contributed by atoms with Gasteiger partial charge in [-0.1, -0.05) is 93.2 Å². The second-order valence-electron chi connectivity index (χ2n) is 11.0. The summed E-state index contributed by atoms with van der Waals surface area (Å²) in [5, 5.41) is 14.8. The SMILES string of the molecule is CCC1CC2C(c3c4ccccc4cc4ccccc34)=CC=CC2C1[Si](C)(C)N1C[N-]C[N-]C1.[CH3-].[Cl][Ti+4][Cl]. The third kappa shape index (κ3) is 5.62. The molecule has 0 spiro atoms. The van der Waals surface area contributed by atoms with Crippen molar-refractivity contribution in [2.75, 3.05) is 20.0 Å². The molecule has 0 N–H and O–H groups in total. The van der Waals surface area contributed by atoms with Crippen molar-refractivity contribution >= 4 is 54.0 Å². The van der Waals surface area contributed by atoms with Crippen molar-refractivity contribution in [1.29, 1.82) is 0 Å². The maximum atomic E-state index is 4.89. The van der Waals surface area contributed by atoms with E-state index in [0.29, 0.717) is 18.5 Å². The molecule has 1 saturated heterocycles. The van der Waals surface area contributed by atoms with E-state index < -0.39 is 25.3 Å². The molecular formula is C31H38Cl2N3SiTi+. The molecule has 0 bridgehead atoms. The second kappa shape index (κ2) is 13.1. The first-order valence-electron chi connectivity index (χ1n) is 13.3. The fraction of sp³-hybridized carbons (Fsp3) is 0.387. The Morgan fingerprint density at radius 2 is 1.55 bits per heavy atom. The van der Waals surface area contributed by atoms with Gasteiger partial charge in [0.05, 0.1) is 0 Å². The predicted molar refractivity (Wildman–Crippen MR) is 166 cm³/mol. The number of fused-ring (bicyclic) bond motifs is 3. The molecule has 198 valence electrons. The molecule has 0 amide bonds. The summed E-state index contributed by atoms with van der Waals surface area (Å²) in [7, 11) is 8.05. The van der Waals surface area contributed by atoms with Crippen molar-refractivity contribution < 1.29 is 17.0 Å². The zero-order chi connectivity index (χ0) is 26.0. The average molecular weight is 600 g/mol. The van der Waals surface area contributed by atoms with E-state index in [1.165, 1.54) is 39.9 Å². The van der Waals surface area contributed by atoms with Crippen molar-refractivity contribution in [1.82, 2.24) is 4.57 Å². The Morgan fingerprint density at radius 3 is 2.13 bits per heavy atom. The monoisotopic (exact) mass is 598 g/mol. The Kier molecular flexibility index (Phi) is 10.4. The fourth-order valence-corrected chi connectivity index (χ4v) is 11.4. The minimum atomic E-state index is -1.73. The van der Waals surface area contributed by atoms with Crippen molar-refractivity contribution in [3.63, 3.8) is 0 Å². The fourth-order valence-electron chi connectivity index (χ4n) is 7.28. The van der Waals surface area contributed by atoms with Gasteiger partial charge in [-0.15, -0.1) is 13.3 Å². The average Bonchev–Trinajstić information content (AvgIpc) is 3.33. The summed E-state index contributed by atoms with van der Waals surface area (Å²) in [4.78, 5) is 0. The van der Waals surface area contributed by atoms with Crippen LogP contribution >= 0.6 is 18.6 Å². The van der Waals surface area contributed by atoms with Gasteiger partial charge in [0.25, 0.3) is 0 Å². The first-order chi connectivity index (χ1) is 18.0. The Bertz CT molecular complexity index is 1250. The zero-order valence-electron chi connectivity index (χ0n) is 22.9. The number of benzene rings is 3. The molecule has 4 unspecified atom stereocenters. The zero-order valence-corrected chi connectivity index (χ0v) is 26.9. The molecule has 3 nitrogen and oxygen atoms in total. The molecule has 2 aliphatic carbocycles. The molecule has 2 fully saturated rings. The van der Waals surface area contributed by atoms with Crippen LogP contribution in [-0.2, 0) is 17.0 Å². The number of rotatable bonds is 4. The van der Waals surface area contributed by atoms with Crippen LogP contribution in [0.1, 0.15) is 25.3 Å². The number of halogens is 2. The van der Waals surface area contributed by atoms with E-state index in [4.69, 9.17) is 18.6 Å². The third-order valence-electron chi connectivity index (χ3n) is 8.91. The number of hydrogen-bond acceptors (Lipinski definition) is 1. The van der Waals surface area contributed by atoms with Gasteiger partial charge in [0.1, 0.15) is 8.24 Å². The number of hydrogen-bond donors (Lipinski definition) is 0. The van der Waals surface area contributed by atoms with Gasteiger partial charge in [-0.3, -0.25) is 6.67 Å². The van der Waals surface area contributed by atoms with Crippen LogP contribution in [0.5, 0.6) is 0 Å². The van der Waals surface area contributed by atoms with Gasteiger partial charge in [0.15, 0.2) is 0 Å². The van der Waals surface area contributed by atoms with Crippen molar-refractivity contribution in [2.45, 2.75) is 38.4 Å². The Morgan fingerprint density at radius 1 is 0.974 bits per heavy atom. The van der Waals surface area contributed by atoms with Crippen LogP contribution in [0.2, 0.25) is 18.6 Å². The van der Waals surface area contributed by atoms with Gasteiger partial charge in [0.2, 0.25) is 0 Å². The van der Waals surface area contributed by atoms with Crippen LogP contribution in [0.25, 0.3) is 37.8 Å². The predicted octanol–water partition coefficient (Wildman–Crippen LogP) is 9.95. The molecule has 1 heterocycles. The van der Waals surface area contributed by atoms with Crippen LogP contribution in [-0.4, -0.2) is 32.8 Å². The third-order valence-corrected chi connectivity index (χ3v) is 13.3. The Labute approximate surface area is 246 Å². The molecule has 38 heavy (non-hydrogen) atoms. The summed E-state index contributed by atoms with van der Waals surface area (Å²) >= 11 is -0.556. The molecule has 0 aromatic heterocycles. The normalized spacial score (nSPS) is 25.4. The van der Waals surface area contributed by atoms with Gasteiger partial charge < -0.3 is 22.6 Å².